The lowest BCUT2D eigenvalue weighted by atomic mass is 9.98. The van der Waals surface area contributed by atoms with Crippen molar-refractivity contribution in [3.63, 3.8) is 0 Å². The van der Waals surface area contributed by atoms with E-state index in [1.165, 1.54) is 32.1 Å². The Morgan fingerprint density at radius 1 is 0.652 bits per heavy atom. The molecule has 0 atom stereocenters. The summed E-state index contributed by atoms with van der Waals surface area (Å²) in [6, 6.07) is 0. The predicted octanol–water partition coefficient (Wildman–Crippen LogP) is 3.20. The van der Waals surface area contributed by atoms with E-state index in [4.69, 9.17) is 23.7 Å². The second-order valence-electron chi connectivity index (χ2n) is 6.93. The minimum Gasteiger partial charge on any atom is -0.377 e. The molecule has 138 valence electrons. The van der Waals surface area contributed by atoms with Crippen LogP contribution in [0.25, 0.3) is 0 Å². The molecule has 0 radical (unpaired) electrons. The molecule has 0 amide bonds. The third-order valence-electron chi connectivity index (χ3n) is 3.64. The van der Waals surface area contributed by atoms with Crippen LogP contribution in [0, 0.1) is 0 Å². The van der Waals surface area contributed by atoms with Crippen LogP contribution in [0.15, 0.2) is 0 Å². The van der Waals surface area contributed by atoms with Crippen molar-refractivity contribution < 1.29 is 23.7 Å². The maximum absolute atomic E-state index is 5.79. The maximum atomic E-state index is 5.79. The normalized spacial score (nSPS) is 16.8. The van der Waals surface area contributed by atoms with Crippen molar-refractivity contribution in [3.05, 3.63) is 0 Å². The van der Waals surface area contributed by atoms with Crippen LogP contribution in [0.1, 0.15) is 52.9 Å². The molecular weight excluding hydrogens is 296 g/mol. The molecule has 0 saturated heterocycles. The summed E-state index contributed by atoms with van der Waals surface area (Å²) in [6.07, 6.45) is 6.87. The first kappa shape index (κ1) is 20.8. The first-order valence-corrected chi connectivity index (χ1v) is 9.07. The Labute approximate surface area is 142 Å². The van der Waals surface area contributed by atoms with Gasteiger partial charge in [0.05, 0.1) is 64.6 Å². The molecule has 0 N–H and O–H groups in total. The quantitative estimate of drug-likeness (QED) is 0.485. The second-order valence-corrected chi connectivity index (χ2v) is 6.93. The van der Waals surface area contributed by atoms with Gasteiger partial charge in [-0.2, -0.15) is 0 Å². The molecule has 0 aromatic carbocycles. The lowest BCUT2D eigenvalue weighted by molar-refractivity contribution is -0.0480. The molecule has 0 bridgehead atoms. The first-order valence-electron chi connectivity index (χ1n) is 9.07. The van der Waals surface area contributed by atoms with Gasteiger partial charge in [-0.1, -0.05) is 19.3 Å². The first-order chi connectivity index (χ1) is 11.1. The molecule has 1 saturated carbocycles. The zero-order valence-electron chi connectivity index (χ0n) is 15.3. The van der Waals surface area contributed by atoms with Gasteiger partial charge in [0.15, 0.2) is 0 Å². The summed E-state index contributed by atoms with van der Waals surface area (Å²) in [5.74, 6) is 0. The van der Waals surface area contributed by atoms with Crippen LogP contribution in [0.3, 0.4) is 0 Å². The summed E-state index contributed by atoms with van der Waals surface area (Å²) < 4.78 is 27.7. The van der Waals surface area contributed by atoms with Gasteiger partial charge in [0.25, 0.3) is 0 Å². The molecule has 0 unspecified atom stereocenters. The van der Waals surface area contributed by atoms with Crippen molar-refractivity contribution >= 4 is 0 Å². The van der Waals surface area contributed by atoms with Crippen molar-refractivity contribution in [1.29, 1.82) is 0 Å². The maximum Gasteiger partial charge on any atom is 0.0707 e. The van der Waals surface area contributed by atoms with E-state index in [0.29, 0.717) is 59.0 Å². The van der Waals surface area contributed by atoms with Crippen molar-refractivity contribution in [2.75, 3.05) is 52.9 Å². The Morgan fingerprint density at radius 2 is 1.13 bits per heavy atom. The van der Waals surface area contributed by atoms with Gasteiger partial charge in [-0.3, -0.25) is 0 Å². The second kappa shape index (κ2) is 13.1. The van der Waals surface area contributed by atoms with Crippen LogP contribution >= 0.6 is 0 Å². The van der Waals surface area contributed by atoms with Gasteiger partial charge < -0.3 is 23.7 Å². The van der Waals surface area contributed by atoms with Crippen LogP contribution in [0.4, 0.5) is 0 Å². The van der Waals surface area contributed by atoms with Gasteiger partial charge in [-0.05, 0) is 33.6 Å². The monoisotopic (exact) mass is 332 g/mol. The summed E-state index contributed by atoms with van der Waals surface area (Å²) in [4.78, 5) is 0. The van der Waals surface area contributed by atoms with E-state index in [1.54, 1.807) is 0 Å². The standard InChI is InChI=1S/C18H36O5/c1-18(2,3)23-16-14-21-12-10-19-9-11-20-13-15-22-17-7-5-4-6-8-17/h17H,4-16H2,1-3H3. The predicted molar refractivity (Wildman–Crippen MR) is 91.0 cm³/mol. The fourth-order valence-corrected chi connectivity index (χ4v) is 2.45. The van der Waals surface area contributed by atoms with E-state index in [0.717, 1.165) is 0 Å². The molecule has 5 nitrogen and oxygen atoms in total. The highest BCUT2D eigenvalue weighted by Gasteiger charge is 2.13. The van der Waals surface area contributed by atoms with Crippen LogP contribution in [0.2, 0.25) is 0 Å². The van der Waals surface area contributed by atoms with Crippen molar-refractivity contribution in [1.82, 2.24) is 0 Å². The Hall–Kier alpha value is -0.200. The smallest absolute Gasteiger partial charge is 0.0707 e. The Morgan fingerprint density at radius 3 is 1.65 bits per heavy atom. The Bertz CT molecular complexity index is 259. The number of hydrogen-bond donors (Lipinski definition) is 0. The lowest BCUT2D eigenvalue weighted by Gasteiger charge is -2.21. The third-order valence-corrected chi connectivity index (χ3v) is 3.64. The van der Waals surface area contributed by atoms with E-state index >= 15 is 0 Å². The van der Waals surface area contributed by atoms with Gasteiger partial charge in [-0.25, -0.2) is 0 Å². The minimum atomic E-state index is -0.0993. The Kier molecular flexibility index (Phi) is 11.9. The highest BCUT2D eigenvalue weighted by Crippen LogP contribution is 2.19. The van der Waals surface area contributed by atoms with Gasteiger partial charge in [-0.15, -0.1) is 0 Å². The number of ether oxygens (including phenoxy) is 5. The molecule has 1 rings (SSSR count). The Balaban J connectivity index is 1.71. The molecule has 0 heterocycles. The van der Waals surface area contributed by atoms with Crippen LogP contribution in [-0.2, 0) is 23.7 Å². The molecule has 1 aliphatic rings. The van der Waals surface area contributed by atoms with Crippen molar-refractivity contribution in [3.8, 4) is 0 Å². The molecule has 23 heavy (non-hydrogen) atoms. The molecule has 0 aromatic rings. The van der Waals surface area contributed by atoms with E-state index in [-0.39, 0.29) is 5.60 Å². The fourth-order valence-electron chi connectivity index (χ4n) is 2.45. The largest absolute Gasteiger partial charge is 0.377 e. The van der Waals surface area contributed by atoms with Crippen molar-refractivity contribution in [2.45, 2.75) is 64.6 Å². The van der Waals surface area contributed by atoms with Crippen LogP contribution in [-0.4, -0.2) is 64.6 Å². The summed E-state index contributed by atoms with van der Waals surface area (Å²) in [5, 5.41) is 0. The van der Waals surface area contributed by atoms with Crippen LogP contribution < -0.4 is 0 Å². The third kappa shape index (κ3) is 13.9. The summed E-state index contributed by atoms with van der Waals surface area (Å²) in [7, 11) is 0. The van der Waals surface area contributed by atoms with Gasteiger partial charge in [0, 0.05) is 0 Å². The van der Waals surface area contributed by atoms with Crippen LogP contribution in [0.5, 0.6) is 0 Å². The fraction of sp³-hybridized carbons (Fsp3) is 1.00. The molecule has 1 fully saturated rings. The molecule has 1 aliphatic carbocycles. The van der Waals surface area contributed by atoms with E-state index in [2.05, 4.69) is 0 Å². The topological polar surface area (TPSA) is 46.2 Å². The lowest BCUT2D eigenvalue weighted by Crippen LogP contribution is -2.22. The SMILES string of the molecule is CC(C)(C)OCCOCCOCCOCCOC1CCCCC1. The van der Waals surface area contributed by atoms with Crippen molar-refractivity contribution in [2.24, 2.45) is 0 Å². The average Bonchev–Trinajstić information content (AvgIpc) is 2.52. The molecule has 0 aliphatic heterocycles. The molecule has 0 spiro atoms. The highest BCUT2D eigenvalue weighted by atomic mass is 16.6. The van der Waals surface area contributed by atoms with E-state index in [9.17, 15) is 0 Å². The zero-order valence-corrected chi connectivity index (χ0v) is 15.3. The number of rotatable bonds is 13. The zero-order chi connectivity index (χ0) is 16.8. The minimum absolute atomic E-state index is 0.0993. The summed E-state index contributed by atoms with van der Waals surface area (Å²) >= 11 is 0. The summed E-state index contributed by atoms with van der Waals surface area (Å²) in [5.41, 5.74) is -0.0993. The molecular formula is C18H36O5. The average molecular weight is 332 g/mol. The molecule has 5 heteroatoms. The van der Waals surface area contributed by atoms with E-state index in [1.807, 2.05) is 20.8 Å². The van der Waals surface area contributed by atoms with Gasteiger partial charge in [0.1, 0.15) is 0 Å². The highest BCUT2D eigenvalue weighted by molar-refractivity contribution is 4.64. The summed E-state index contributed by atoms with van der Waals surface area (Å²) in [6.45, 7) is 11.1. The number of hydrogen-bond acceptors (Lipinski definition) is 5. The van der Waals surface area contributed by atoms with E-state index < -0.39 is 0 Å². The van der Waals surface area contributed by atoms with Gasteiger partial charge in [0.2, 0.25) is 0 Å². The van der Waals surface area contributed by atoms with Gasteiger partial charge >= 0.3 is 0 Å². The molecule has 0 aromatic heterocycles.